The molecule has 0 aliphatic heterocycles. The Morgan fingerprint density at radius 1 is 1.18 bits per heavy atom. The summed E-state index contributed by atoms with van der Waals surface area (Å²) >= 11 is 0. The summed E-state index contributed by atoms with van der Waals surface area (Å²) in [6.45, 7) is 2.58. The van der Waals surface area contributed by atoms with Crippen molar-refractivity contribution in [2.75, 3.05) is 0 Å². The molecule has 1 heterocycles. The minimum absolute atomic E-state index is 0.429. The van der Waals surface area contributed by atoms with E-state index in [1.807, 2.05) is 7.05 Å². The number of benzene rings is 1. The maximum absolute atomic E-state index is 5.57. The molecule has 0 bridgehead atoms. The van der Waals surface area contributed by atoms with Crippen LogP contribution in [-0.2, 0) is 26.4 Å². The summed E-state index contributed by atoms with van der Waals surface area (Å²) in [5, 5.41) is 4.34. The van der Waals surface area contributed by atoms with Crippen molar-refractivity contribution in [1.29, 1.82) is 0 Å². The van der Waals surface area contributed by atoms with E-state index in [-0.39, 0.29) is 0 Å². The number of nitrogens with zero attached hydrogens (tertiary/aromatic N) is 3. The average Bonchev–Trinajstić information content (AvgIpc) is 2.70. The van der Waals surface area contributed by atoms with E-state index in [9.17, 15) is 0 Å². The second-order valence-electron chi connectivity index (χ2n) is 4.12. The molecule has 0 atom stereocenters. The lowest BCUT2D eigenvalue weighted by Gasteiger charge is -1.99. The molecule has 0 saturated carbocycles. The van der Waals surface area contributed by atoms with Crippen LogP contribution in [0.3, 0.4) is 0 Å². The van der Waals surface area contributed by atoms with Gasteiger partial charge < -0.3 is 5.73 Å². The highest BCUT2D eigenvalue weighted by Gasteiger charge is 2.06. The number of nitrogens with two attached hydrogens (primary N) is 1. The molecule has 4 nitrogen and oxygen atoms in total. The van der Waals surface area contributed by atoms with Gasteiger partial charge in [0.05, 0.1) is 6.54 Å². The summed E-state index contributed by atoms with van der Waals surface area (Å²) in [5.41, 5.74) is 8.16. The molecule has 0 unspecified atom stereocenters. The van der Waals surface area contributed by atoms with Gasteiger partial charge in [-0.2, -0.15) is 5.10 Å². The maximum atomic E-state index is 5.57. The number of hydrogen-bond donors (Lipinski definition) is 1. The third-order valence-electron chi connectivity index (χ3n) is 2.87. The smallest absolute Gasteiger partial charge is 0.155 e. The van der Waals surface area contributed by atoms with Crippen LogP contribution in [0.25, 0.3) is 0 Å². The van der Waals surface area contributed by atoms with Gasteiger partial charge in [0.2, 0.25) is 0 Å². The molecule has 0 spiro atoms. The van der Waals surface area contributed by atoms with Gasteiger partial charge in [-0.25, -0.2) is 4.98 Å². The Morgan fingerprint density at radius 2 is 1.82 bits per heavy atom. The molecule has 90 valence electrons. The zero-order valence-electron chi connectivity index (χ0n) is 10.3. The Labute approximate surface area is 101 Å². The van der Waals surface area contributed by atoms with Gasteiger partial charge in [-0.1, -0.05) is 31.2 Å². The summed E-state index contributed by atoms with van der Waals surface area (Å²) in [7, 11) is 1.87. The van der Waals surface area contributed by atoms with Crippen LogP contribution in [0.15, 0.2) is 24.3 Å². The van der Waals surface area contributed by atoms with Gasteiger partial charge in [0.25, 0.3) is 0 Å². The molecule has 2 rings (SSSR count). The van der Waals surface area contributed by atoms with Crippen LogP contribution < -0.4 is 5.73 Å². The van der Waals surface area contributed by atoms with Crippen molar-refractivity contribution >= 4 is 0 Å². The first kappa shape index (κ1) is 11.8. The third kappa shape index (κ3) is 2.71. The summed E-state index contributed by atoms with van der Waals surface area (Å²) in [6, 6.07) is 8.58. The summed E-state index contributed by atoms with van der Waals surface area (Å²) in [5.74, 6) is 1.65. The van der Waals surface area contributed by atoms with E-state index >= 15 is 0 Å². The molecule has 0 aliphatic rings. The van der Waals surface area contributed by atoms with E-state index in [0.29, 0.717) is 6.54 Å². The summed E-state index contributed by atoms with van der Waals surface area (Å²) < 4.78 is 1.75. The lowest BCUT2D eigenvalue weighted by atomic mass is 10.1. The van der Waals surface area contributed by atoms with E-state index < -0.39 is 0 Å². The van der Waals surface area contributed by atoms with Crippen LogP contribution in [-0.4, -0.2) is 14.8 Å². The minimum atomic E-state index is 0.429. The number of rotatable bonds is 4. The zero-order chi connectivity index (χ0) is 12.3. The molecule has 1 aromatic heterocycles. The predicted octanol–water partition coefficient (Wildman–Crippen LogP) is 1.43. The third-order valence-corrected chi connectivity index (χ3v) is 2.87. The average molecular weight is 230 g/mol. The highest BCUT2D eigenvalue weighted by molar-refractivity contribution is 5.24. The Bertz CT molecular complexity index is 485. The van der Waals surface area contributed by atoms with E-state index in [0.717, 1.165) is 24.5 Å². The fraction of sp³-hybridized carbons (Fsp3) is 0.385. The predicted molar refractivity (Wildman–Crippen MR) is 67.5 cm³/mol. The Hall–Kier alpha value is -1.68. The van der Waals surface area contributed by atoms with E-state index in [4.69, 9.17) is 5.73 Å². The molecule has 0 radical (unpaired) electrons. The Morgan fingerprint density at radius 3 is 2.35 bits per heavy atom. The van der Waals surface area contributed by atoms with Crippen molar-refractivity contribution in [3.8, 4) is 0 Å². The SMILES string of the molecule is CCc1ccc(Cc2nc(CN)n(C)n2)cc1. The fourth-order valence-electron chi connectivity index (χ4n) is 1.80. The first-order valence-corrected chi connectivity index (χ1v) is 5.89. The van der Waals surface area contributed by atoms with Crippen LogP contribution in [0.4, 0.5) is 0 Å². The monoisotopic (exact) mass is 230 g/mol. The van der Waals surface area contributed by atoms with Crippen molar-refractivity contribution in [3.05, 3.63) is 47.0 Å². The van der Waals surface area contributed by atoms with Crippen molar-refractivity contribution in [3.63, 3.8) is 0 Å². The highest BCUT2D eigenvalue weighted by atomic mass is 15.3. The molecule has 0 fully saturated rings. The van der Waals surface area contributed by atoms with E-state index in [2.05, 4.69) is 41.3 Å². The van der Waals surface area contributed by atoms with Crippen LogP contribution in [0, 0.1) is 0 Å². The first-order valence-electron chi connectivity index (χ1n) is 5.89. The van der Waals surface area contributed by atoms with Gasteiger partial charge in [0, 0.05) is 13.5 Å². The van der Waals surface area contributed by atoms with Crippen LogP contribution in [0.1, 0.15) is 29.7 Å². The molecular formula is C13H18N4. The molecule has 0 aliphatic carbocycles. The van der Waals surface area contributed by atoms with E-state index in [1.165, 1.54) is 11.1 Å². The minimum Gasteiger partial charge on any atom is -0.324 e. The molecule has 2 aromatic rings. The topological polar surface area (TPSA) is 56.7 Å². The van der Waals surface area contributed by atoms with E-state index in [1.54, 1.807) is 4.68 Å². The Kier molecular flexibility index (Phi) is 3.54. The second-order valence-corrected chi connectivity index (χ2v) is 4.12. The highest BCUT2D eigenvalue weighted by Crippen LogP contribution is 2.09. The van der Waals surface area contributed by atoms with Crippen LogP contribution >= 0.6 is 0 Å². The van der Waals surface area contributed by atoms with Gasteiger partial charge in [-0.15, -0.1) is 0 Å². The van der Waals surface area contributed by atoms with Crippen molar-refractivity contribution < 1.29 is 0 Å². The second kappa shape index (κ2) is 5.10. The molecular weight excluding hydrogens is 212 g/mol. The summed E-state index contributed by atoms with van der Waals surface area (Å²) in [4.78, 5) is 4.39. The molecule has 0 saturated heterocycles. The van der Waals surface area contributed by atoms with Gasteiger partial charge >= 0.3 is 0 Å². The number of aromatic nitrogens is 3. The van der Waals surface area contributed by atoms with Crippen LogP contribution in [0.2, 0.25) is 0 Å². The maximum Gasteiger partial charge on any atom is 0.155 e. The molecule has 17 heavy (non-hydrogen) atoms. The summed E-state index contributed by atoms with van der Waals surface area (Å²) in [6.07, 6.45) is 1.83. The van der Waals surface area contributed by atoms with Crippen LogP contribution in [0.5, 0.6) is 0 Å². The van der Waals surface area contributed by atoms with Crippen molar-refractivity contribution in [1.82, 2.24) is 14.8 Å². The molecule has 2 N–H and O–H groups in total. The van der Waals surface area contributed by atoms with Gasteiger partial charge in [-0.3, -0.25) is 4.68 Å². The molecule has 0 amide bonds. The zero-order valence-corrected chi connectivity index (χ0v) is 10.3. The normalized spacial score (nSPS) is 10.8. The van der Waals surface area contributed by atoms with Crippen molar-refractivity contribution in [2.24, 2.45) is 12.8 Å². The largest absolute Gasteiger partial charge is 0.324 e. The number of hydrogen-bond acceptors (Lipinski definition) is 3. The lowest BCUT2D eigenvalue weighted by molar-refractivity contribution is 0.696. The lowest BCUT2D eigenvalue weighted by Crippen LogP contribution is -2.05. The van der Waals surface area contributed by atoms with Crippen molar-refractivity contribution in [2.45, 2.75) is 26.3 Å². The van der Waals surface area contributed by atoms with Gasteiger partial charge in [0.15, 0.2) is 5.82 Å². The standard InChI is InChI=1S/C13H18N4/c1-3-10-4-6-11(7-5-10)8-12-15-13(9-14)17(2)16-12/h4-7H,3,8-9,14H2,1-2H3. The molecule has 1 aromatic carbocycles. The van der Waals surface area contributed by atoms with Gasteiger partial charge in [0.1, 0.15) is 5.82 Å². The molecule has 4 heteroatoms. The van der Waals surface area contributed by atoms with Gasteiger partial charge in [-0.05, 0) is 17.5 Å². The first-order chi connectivity index (χ1) is 8.22. The Balaban J connectivity index is 2.13. The number of aryl methyl sites for hydroxylation is 2. The quantitative estimate of drug-likeness (QED) is 0.864. The fourth-order valence-corrected chi connectivity index (χ4v) is 1.80.